The number of amides is 2. The monoisotopic (exact) mass is 155 g/mol. The maximum absolute atomic E-state index is 10.9. The van der Waals surface area contributed by atoms with Gasteiger partial charge in [-0.25, -0.2) is 0 Å². The minimum absolute atomic E-state index is 0.0579. The second-order valence-corrected chi connectivity index (χ2v) is 2.58. The Morgan fingerprint density at radius 2 is 1.82 bits per heavy atom. The van der Waals surface area contributed by atoms with Crippen molar-refractivity contribution in [2.24, 2.45) is 0 Å². The van der Waals surface area contributed by atoms with Crippen molar-refractivity contribution in [3.05, 3.63) is 0 Å². The predicted octanol–water partition coefficient (Wildman–Crippen LogP) is -0.276. The van der Waals surface area contributed by atoms with Gasteiger partial charge in [-0.2, -0.15) is 0 Å². The molecule has 0 aromatic rings. The summed E-state index contributed by atoms with van der Waals surface area (Å²) in [5, 5.41) is 0. The number of likely N-dealkylation sites (tertiary alicyclic amines) is 1. The molecule has 1 rings (SSSR count). The van der Waals surface area contributed by atoms with Gasteiger partial charge in [0.2, 0.25) is 11.8 Å². The fourth-order valence-corrected chi connectivity index (χ4v) is 1.02. The summed E-state index contributed by atoms with van der Waals surface area (Å²) in [6, 6.07) is 0. The summed E-state index contributed by atoms with van der Waals surface area (Å²) < 4.78 is 0. The third-order valence-corrected chi connectivity index (χ3v) is 1.54. The molecule has 60 valence electrons. The van der Waals surface area contributed by atoms with E-state index in [-0.39, 0.29) is 37.0 Å². The van der Waals surface area contributed by atoms with Crippen molar-refractivity contribution in [1.29, 1.82) is 0 Å². The number of Topliss-reactive ketones (excluding diaryl/α,β-unsaturated/α-hetero) is 1. The van der Waals surface area contributed by atoms with Gasteiger partial charge in [0.05, 0.1) is 6.54 Å². The van der Waals surface area contributed by atoms with E-state index in [0.29, 0.717) is 0 Å². The number of carbonyl (C=O) groups excluding carboxylic acids is 3. The summed E-state index contributed by atoms with van der Waals surface area (Å²) >= 11 is 0. The van der Waals surface area contributed by atoms with E-state index < -0.39 is 0 Å². The highest BCUT2D eigenvalue weighted by Gasteiger charge is 2.29. The van der Waals surface area contributed by atoms with Crippen molar-refractivity contribution in [1.82, 2.24) is 4.90 Å². The Kier molecular flexibility index (Phi) is 2.03. The van der Waals surface area contributed by atoms with Crippen LogP contribution in [0.1, 0.15) is 19.8 Å². The summed E-state index contributed by atoms with van der Waals surface area (Å²) in [5.41, 5.74) is 0. The number of carbonyl (C=O) groups is 3. The number of hydrogen-bond acceptors (Lipinski definition) is 3. The lowest BCUT2D eigenvalue weighted by Gasteiger charge is -2.09. The van der Waals surface area contributed by atoms with Gasteiger partial charge in [0.15, 0.2) is 0 Å². The number of rotatable bonds is 2. The Morgan fingerprint density at radius 3 is 2.18 bits per heavy atom. The molecular weight excluding hydrogens is 146 g/mol. The largest absolute Gasteiger partial charge is 0.298 e. The van der Waals surface area contributed by atoms with Crippen molar-refractivity contribution in [3.63, 3.8) is 0 Å². The molecule has 2 amide bonds. The quantitative estimate of drug-likeness (QED) is 0.515. The summed E-state index contributed by atoms with van der Waals surface area (Å²) in [4.78, 5) is 33.3. The van der Waals surface area contributed by atoms with Crippen LogP contribution in [0.15, 0.2) is 0 Å². The Morgan fingerprint density at radius 1 is 1.36 bits per heavy atom. The molecule has 4 heteroatoms. The standard InChI is InChI=1S/C7H9NO3/c1-5(9)4-8-6(10)2-3-7(8)11/h2-4H2,1H3. The molecule has 0 aliphatic carbocycles. The van der Waals surface area contributed by atoms with Gasteiger partial charge in [0, 0.05) is 12.8 Å². The first-order valence-corrected chi connectivity index (χ1v) is 3.44. The van der Waals surface area contributed by atoms with E-state index in [1.54, 1.807) is 0 Å². The maximum Gasteiger partial charge on any atom is 0.230 e. The van der Waals surface area contributed by atoms with Crippen LogP contribution in [0.4, 0.5) is 0 Å². The van der Waals surface area contributed by atoms with Crippen LogP contribution in [-0.2, 0) is 14.4 Å². The van der Waals surface area contributed by atoms with Gasteiger partial charge in [0.25, 0.3) is 0 Å². The SMILES string of the molecule is CC(=O)CN1C(=O)CCC1=O. The molecule has 0 unspecified atom stereocenters. The van der Waals surface area contributed by atoms with Crippen molar-refractivity contribution < 1.29 is 14.4 Å². The zero-order valence-corrected chi connectivity index (χ0v) is 6.29. The lowest BCUT2D eigenvalue weighted by Crippen LogP contribution is -2.33. The van der Waals surface area contributed by atoms with Crippen molar-refractivity contribution in [2.75, 3.05) is 6.54 Å². The van der Waals surface area contributed by atoms with Crippen molar-refractivity contribution >= 4 is 17.6 Å². The molecule has 0 radical (unpaired) electrons. The van der Waals surface area contributed by atoms with Crippen LogP contribution >= 0.6 is 0 Å². The normalized spacial score (nSPS) is 17.7. The van der Waals surface area contributed by atoms with Gasteiger partial charge < -0.3 is 0 Å². The van der Waals surface area contributed by atoms with Gasteiger partial charge in [-0.1, -0.05) is 0 Å². The highest BCUT2D eigenvalue weighted by atomic mass is 16.2. The van der Waals surface area contributed by atoms with E-state index >= 15 is 0 Å². The molecule has 1 aliphatic heterocycles. The Balaban J connectivity index is 2.62. The average molecular weight is 155 g/mol. The molecule has 0 N–H and O–H groups in total. The Hall–Kier alpha value is -1.19. The maximum atomic E-state index is 10.9. The zero-order valence-electron chi connectivity index (χ0n) is 6.29. The topological polar surface area (TPSA) is 54.5 Å². The smallest absolute Gasteiger partial charge is 0.230 e. The lowest BCUT2D eigenvalue weighted by molar-refractivity contribution is -0.141. The first kappa shape index (κ1) is 7.91. The van der Waals surface area contributed by atoms with E-state index in [1.165, 1.54) is 6.92 Å². The molecular formula is C7H9NO3. The van der Waals surface area contributed by atoms with Gasteiger partial charge in [-0.15, -0.1) is 0 Å². The first-order valence-electron chi connectivity index (χ1n) is 3.44. The average Bonchev–Trinajstić information content (AvgIpc) is 2.18. The van der Waals surface area contributed by atoms with Crippen molar-refractivity contribution in [3.8, 4) is 0 Å². The molecule has 0 bridgehead atoms. The summed E-state index contributed by atoms with van der Waals surface area (Å²) in [5.74, 6) is -0.621. The molecule has 0 aromatic heterocycles. The van der Waals surface area contributed by atoms with Crippen LogP contribution in [0.5, 0.6) is 0 Å². The van der Waals surface area contributed by atoms with E-state index in [4.69, 9.17) is 0 Å². The number of hydrogen-bond donors (Lipinski definition) is 0. The van der Waals surface area contributed by atoms with Crippen LogP contribution in [0.25, 0.3) is 0 Å². The molecule has 0 saturated carbocycles. The Bertz CT molecular complexity index is 206. The molecule has 1 saturated heterocycles. The van der Waals surface area contributed by atoms with Gasteiger partial charge in [0.1, 0.15) is 5.78 Å². The second kappa shape index (κ2) is 2.82. The van der Waals surface area contributed by atoms with Crippen molar-refractivity contribution in [2.45, 2.75) is 19.8 Å². The zero-order chi connectivity index (χ0) is 8.43. The van der Waals surface area contributed by atoms with Gasteiger partial charge in [-0.05, 0) is 6.92 Å². The van der Waals surface area contributed by atoms with E-state index in [2.05, 4.69) is 0 Å². The third kappa shape index (κ3) is 1.63. The van der Waals surface area contributed by atoms with E-state index in [0.717, 1.165) is 4.90 Å². The molecule has 1 fully saturated rings. The second-order valence-electron chi connectivity index (χ2n) is 2.58. The predicted molar refractivity (Wildman–Crippen MR) is 36.6 cm³/mol. The highest BCUT2D eigenvalue weighted by Crippen LogP contribution is 2.10. The molecule has 11 heavy (non-hydrogen) atoms. The van der Waals surface area contributed by atoms with Crippen LogP contribution in [0.2, 0.25) is 0 Å². The summed E-state index contributed by atoms with van der Waals surface area (Å²) in [7, 11) is 0. The number of ketones is 1. The molecule has 4 nitrogen and oxygen atoms in total. The number of imide groups is 1. The van der Waals surface area contributed by atoms with Gasteiger partial charge >= 0.3 is 0 Å². The third-order valence-electron chi connectivity index (χ3n) is 1.54. The molecule has 0 atom stereocenters. The highest BCUT2D eigenvalue weighted by molar-refractivity contribution is 6.04. The molecule has 0 aromatic carbocycles. The molecule has 1 aliphatic rings. The Labute approximate surface area is 64.2 Å². The number of nitrogens with zero attached hydrogens (tertiary/aromatic N) is 1. The van der Waals surface area contributed by atoms with Crippen LogP contribution in [0, 0.1) is 0 Å². The lowest BCUT2D eigenvalue weighted by atomic mass is 10.4. The summed E-state index contributed by atoms with van der Waals surface area (Å²) in [6.07, 6.45) is 0.512. The van der Waals surface area contributed by atoms with Crippen LogP contribution < -0.4 is 0 Å². The van der Waals surface area contributed by atoms with Gasteiger partial charge in [-0.3, -0.25) is 19.3 Å². The fourth-order valence-electron chi connectivity index (χ4n) is 1.02. The molecule has 0 spiro atoms. The van der Waals surface area contributed by atoms with Crippen LogP contribution in [-0.4, -0.2) is 29.0 Å². The fraction of sp³-hybridized carbons (Fsp3) is 0.571. The first-order chi connectivity index (χ1) is 5.11. The van der Waals surface area contributed by atoms with Crippen LogP contribution in [0.3, 0.4) is 0 Å². The minimum atomic E-state index is -0.231. The van der Waals surface area contributed by atoms with E-state index in [1.807, 2.05) is 0 Å². The molecule has 1 heterocycles. The summed E-state index contributed by atoms with van der Waals surface area (Å²) in [6.45, 7) is 1.30. The van der Waals surface area contributed by atoms with E-state index in [9.17, 15) is 14.4 Å². The minimum Gasteiger partial charge on any atom is -0.298 e.